The highest BCUT2D eigenvalue weighted by molar-refractivity contribution is 5.56. The van der Waals surface area contributed by atoms with Crippen molar-refractivity contribution in [1.82, 2.24) is 0 Å². The second-order valence-corrected chi connectivity index (χ2v) is 7.45. The van der Waals surface area contributed by atoms with Crippen LogP contribution in [-0.4, -0.2) is 32.5 Å². The topological polar surface area (TPSA) is 49.0 Å². The first kappa shape index (κ1) is 21.1. The number of hydrogen-bond donors (Lipinski definition) is 1. The van der Waals surface area contributed by atoms with Crippen molar-refractivity contribution in [2.75, 3.05) is 31.7 Å². The molecule has 3 aromatic rings. The molecule has 1 heterocycles. The molecule has 162 valence electrons. The van der Waals surface area contributed by atoms with Gasteiger partial charge >= 0.3 is 0 Å². The molecule has 1 aliphatic heterocycles. The predicted octanol–water partition coefficient (Wildman–Crippen LogP) is 5.31. The van der Waals surface area contributed by atoms with Gasteiger partial charge in [0.15, 0.2) is 0 Å². The van der Waals surface area contributed by atoms with Crippen molar-refractivity contribution in [1.29, 1.82) is 0 Å². The maximum absolute atomic E-state index is 6.01. The van der Waals surface area contributed by atoms with Crippen LogP contribution in [0.1, 0.15) is 18.4 Å². The summed E-state index contributed by atoms with van der Waals surface area (Å²) in [5.41, 5.74) is 2.11. The standard InChI is InChI=1S/C26H29NO4/c1-2-9-22(10-3-1)29-16-17-30-23-11-6-8-21(18-23)19-27-25-13-4-5-14-26(25)31-20-24-12-7-15-28-24/h1-6,8-11,13-14,18,24,27H,7,12,15-17,19-20H2/t24-/m0/s1. The van der Waals surface area contributed by atoms with Gasteiger partial charge in [-0.3, -0.25) is 0 Å². The van der Waals surface area contributed by atoms with Gasteiger partial charge < -0.3 is 24.3 Å². The highest BCUT2D eigenvalue weighted by atomic mass is 16.5. The zero-order valence-corrected chi connectivity index (χ0v) is 17.7. The van der Waals surface area contributed by atoms with Gasteiger partial charge in [-0.05, 0) is 54.8 Å². The van der Waals surface area contributed by atoms with Crippen LogP contribution < -0.4 is 19.5 Å². The van der Waals surface area contributed by atoms with Crippen molar-refractivity contribution < 1.29 is 18.9 Å². The third-order valence-corrected chi connectivity index (χ3v) is 5.08. The van der Waals surface area contributed by atoms with E-state index in [1.165, 1.54) is 0 Å². The number of nitrogens with one attached hydrogen (secondary N) is 1. The summed E-state index contributed by atoms with van der Waals surface area (Å²) in [6.45, 7) is 3.10. The smallest absolute Gasteiger partial charge is 0.142 e. The normalized spacial score (nSPS) is 15.4. The summed E-state index contributed by atoms with van der Waals surface area (Å²) < 4.78 is 23.2. The molecule has 0 spiro atoms. The molecule has 5 nitrogen and oxygen atoms in total. The van der Waals surface area contributed by atoms with E-state index in [0.717, 1.165) is 47.9 Å². The van der Waals surface area contributed by atoms with E-state index in [0.29, 0.717) is 26.4 Å². The van der Waals surface area contributed by atoms with Crippen molar-refractivity contribution in [3.8, 4) is 17.2 Å². The lowest BCUT2D eigenvalue weighted by Gasteiger charge is -2.16. The summed E-state index contributed by atoms with van der Waals surface area (Å²) >= 11 is 0. The lowest BCUT2D eigenvalue weighted by Crippen LogP contribution is -2.16. The Hall–Kier alpha value is -3.18. The summed E-state index contributed by atoms with van der Waals surface area (Å²) in [6, 6.07) is 25.9. The second kappa shape index (κ2) is 11.3. The van der Waals surface area contributed by atoms with E-state index in [4.69, 9.17) is 18.9 Å². The lowest BCUT2D eigenvalue weighted by molar-refractivity contribution is 0.0682. The molecule has 0 aromatic heterocycles. The minimum Gasteiger partial charge on any atom is -0.490 e. The number of para-hydroxylation sites is 3. The predicted molar refractivity (Wildman–Crippen MR) is 122 cm³/mol. The Balaban J connectivity index is 1.25. The first-order valence-electron chi connectivity index (χ1n) is 10.8. The van der Waals surface area contributed by atoms with Crippen LogP contribution in [-0.2, 0) is 11.3 Å². The molecule has 0 radical (unpaired) electrons. The molecule has 1 aliphatic rings. The number of ether oxygens (including phenoxy) is 4. The van der Waals surface area contributed by atoms with Gasteiger partial charge in [-0.1, -0.05) is 42.5 Å². The Labute approximate surface area is 183 Å². The summed E-state index contributed by atoms with van der Waals surface area (Å²) in [5, 5.41) is 3.47. The molecule has 4 rings (SSSR count). The third kappa shape index (κ3) is 6.66. The van der Waals surface area contributed by atoms with Gasteiger partial charge in [0, 0.05) is 13.2 Å². The Kier molecular flexibility index (Phi) is 7.66. The molecular weight excluding hydrogens is 390 g/mol. The first-order chi connectivity index (χ1) is 15.4. The molecule has 0 saturated carbocycles. The van der Waals surface area contributed by atoms with Crippen LogP contribution in [0.4, 0.5) is 5.69 Å². The monoisotopic (exact) mass is 419 g/mol. The van der Waals surface area contributed by atoms with Crippen molar-refractivity contribution in [2.24, 2.45) is 0 Å². The summed E-state index contributed by atoms with van der Waals surface area (Å²) in [7, 11) is 0. The quantitative estimate of drug-likeness (QED) is 0.427. The summed E-state index contributed by atoms with van der Waals surface area (Å²) in [4.78, 5) is 0. The molecule has 1 saturated heterocycles. The van der Waals surface area contributed by atoms with E-state index in [1.54, 1.807) is 0 Å². The first-order valence-corrected chi connectivity index (χ1v) is 10.8. The van der Waals surface area contributed by atoms with Gasteiger partial charge in [-0.25, -0.2) is 0 Å². The van der Waals surface area contributed by atoms with E-state index in [1.807, 2.05) is 72.8 Å². The molecule has 0 aliphatic carbocycles. The highest BCUT2D eigenvalue weighted by Gasteiger charge is 2.16. The maximum Gasteiger partial charge on any atom is 0.142 e. The van der Waals surface area contributed by atoms with Gasteiger partial charge in [-0.2, -0.15) is 0 Å². The molecule has 1 atom stereocenters. The van der Waals surface area contributed by atoms with Gasteiger partial charge in [0.2, 0.25) is 0 Å². The van der Waals surface area contributed by atoms with Gasteiger partial charge in [-0.15, -0.1) is 0 Å². The van der Waals surface area contributed by atoms with E-state index in [-0.39, 0.29) is 6.10 Å². The molecule has 1 fully saturated rings. The number of rotatable bonds is 11. The molecule has 1 N–H and O–H groups in total. The van der Waals surface area contributed by atoms with Crippen LogP contribution in [0.5, 0.6) is 17.2 Å². The van der Waals surface area contributed by atoms with Gasteiger partial charge in [0.1, 0.15) is 37.1 Å². The van der Waals surface area contributed by atoms with Crippen LogP contribution in [0.15, 0.2) is 78.9 Å². The lowest BCUT2D eigenvalue weighted by atomic mass is 10.2. The van der Waals surface area contributed by atoms with Crippen LogP contribution in [0, 0.1) is 0 Å². The van der Waals surface area contributed by atoms with Crippen molar-refractivity contribution in [2.45, 2.75) is 25.5 Å². The Morgan fingerprint density at radius 2 is 1.58 bits per heavy atom. The van der Waals surface area contributed by atoms with Crippen LogP contribution in [0.25, 0.3) is 0 Å². The maximum atomic E-state index is 6.01. The summed E-state index contributed by atoms with van der Waals surface area (Å²) in [6.07, 6.45) is 2.39. The van der Waals surface area contributed by atoms with E-state index < -0.39 is 0 Å². The SMILES string of the molecule is c1ccc(OCCOc2cccc(CNc3ccccc3OC[C@@H]3CCCO3)c2)cc1. The average molecular weight is 420 g/mol. The molecule has 0 unspecified atom stereocenters. The van der Waals surface area contributed by atoms with E-state index in [9.17, 15) is 0 Å². The van der Waals surface area contributed by atoms with Crippen LogP contribution >= 0.6 is 0 Å². The Morgan fingerprint density at radius 1 is 0.806 bits per heavy atom. The van der Waals surface area contributed by atoms with Crippen molar-refractivity contribution in [3.05, 3.63) is 84.4 Å². The second-order valence-electron chi connectivity index (χ2n) is 7.45. The van der Waals surface area contributed by atoms with Crippen LogP contribution in [0.3, 0.4) is 0 Å². The molecule has 31 heavy (non-hydrogen) atoms. The minimum atomic E-state index is 0.202. The number of hydrogen-bond acceptors (Lipinski definition) is 5. The summed E-state index contributed by atoms with van der Waals surface area (Å²) in [5.74, 6) is 2.53. The molecule has 0 bridgehead atoms. The molecule has 0 amide bonds. The van der Waals surface area contributed by atoms with Gasteiger partial charge in [0.25, 0.3) is 0 Å². The fourth-order valence-corrected chi connectivity index (χ4v) is 3.48. The highest BCUT2D eigenvalue weighted by Crippen LogP contribution is 2.26. The zero-order chi connectivity index (χ0) is 21.1. The minimum absolute atomic E-state index is 0.202. The van der Waals surface area contributed by atoms with Gasteiger partial charge in [0.05, 0.1) is 11.8 Å². The average Bonchev–Trinajstić information content (AvgIpc) is 3.34. The Bertz CT molecular complexity index is 925. The largest absolute Gasteiger partial charge is 0.490 e. The van der Waals surface area contributed by atoms with Crippen molar-refractivity contribution in [3.63, 3.8) is 0 Å². The Morgan fingerprint density at radius 3 is 2.42 bits per heavy atom. The third-order valence-electron chi connectivity index (χ3n) is 5.08. The number of benzene rings is 3. The fourth-order valence-electron chi connectivity index (χ4n) is 3.48. The molecular formula is C26H29NO4. The van der Waals surface area contributed by atoms with Crippen molar-refractivity contribution >= 4 is 5.69 Å². The fraction of sp³-hybridized carbons (Fsp3) is 0.308. The van der Waals surface area contributed by atoms with E-state index >= 15 is 0 Å². The molecule has 5 heteroatoms. The van der Waals surface area contributed by atoms with Crippen LogP contribution in [0.2, 0.25) is 0 Å². The molecule has 3 aromatic carbocycles. The number of anilines is 1. The zero-order valence-electron chi connectivity index (χ0n) is 17.7. The van der Waals surface area contributed by atoms with E-state index in [2.05, 4.69) is 11.4 Å².